The molecular formula is C31H31N3O7. The highest BCUT2D eigenvalue weighted by Crippen LogP contribution is 2.41. The minimum Gasteiger partial charge on any atom is -0.507 e. The molecule has 3 aromatic carbocycles. The predicted molar refractivity (Wildman–Crippen MR) is 151 cm³/mol. The second-order valence-electron chi connectivity index (χ2n) is 10.0. The molecule has 2 saturated heterocycles. The fourth-order valence-electron chi connectivity index (χ4n) is 5.22. The van der Waals surface area contributed by atoms with Crippen LogP contribution in [0.1, 0.15) is 28.3 Å². The van der Waals surface area contributed by atoms with Crippen molar-refractivity contribution in [1.29, 1.82) is 0 Å². The van der Waals surface area contributed by atoms with Crippen molar-refractivity contribution in [2.24, 2.45) is 0 Å². The third-order valence-corrected chi connectivity index (χ3v) is 7.40. The summed E-state index contributed by atoms with van der Waals surface area (Å²) in [6.07, 6.45) is 0. The number of carbonyl (C=O) groups excluding carboxylic acids is 2. The van der Waals surface area contributed by atoms with Crippen molar-refractivity contribution in [1.82, 2.24) is 9.80 Å². The van der Waals surface area contributed by atoms with Gasteiger partial charge in [0.05, 0.1) is 29.8 Å². The molecule has 1 N–H and O–H groups in total. The fourth-order valence-corrected chi connectivity index (χ4v) is 5.22. The van der Waals surface area contributed by atoms with E-state index in [1.54, 1.807) is 31.2 Å². The number of ketones is 1. The van der Waals surface area contributed by atoms with Gasteiger partial charge < -0.3 is 19.5 Å². The molecule has 1 atom stereocenters. The molecule has 0 saturated carbocycles. The molecule has 5 rings (SSSR count). The highest BCUT2D eigenvalue weighted by atomic mass is 16.6. The Labute approximate surface area is 237 Å². The Hall–Kier alpha value is -4.54. The van der Waals surface area contributed by atoms with E-state index in [9.17, 15) is 24.8 Å². The number of likely N-dealkylation sites (tertiary alicyclic amines) is 1. The zero-order valence-electron chi connectivity index (χ0n) is 22.7. The summed E-state index contributed by atoms with van der Waals surface area (Å²) in [7, 11) is 0. The Morgan fingerprint density at radius 3 is 2.49 bits per heavy atom. The van der Waals surface area contributed by atoms with E-state index in [2.05, 4.69) is 4.90 Å². The van der Waals surface area contributed by atoms with Crippen molar-refractivity contribution in [3.05, 3.63) is 111 Å². The zero-order valence-corrected chi connectivity index (χ0v) is 22.7. The van der Waals surface area contributed by atoms with Crippen molar-refractivity contribution in [2.75, 3.05) is 39.4 Å². The second kappa shape index (κ2) is 12.3. The summed E-state index contributed by atoms with van der Waals surface area (Å²) in [5.41, 5.74) is 2.13. The maximum Gasteiger partial charge on any atom is 0.295 e. The highest BCUT2D eigenvalue weighted by molar-refractivity contribution is 6.46. The number of Topliss-reactive ketones (excluding diaryl/α,β-unsaturated/α-hetero) is 1. The number of ether oxygens (including phenoxy) is 2. The molecule has 0 bridgehead atoms. The molecule has 3 aromatic rings. The Morgan fingerprint density at radius 1 is 1.02 bits per heavy atom. The van der Waals surface area contributed by atoms with E-state index >= 15 is 0 Å². The minimum atomic E-state index is -0.982. The molecule has 0 aromatic heterocycles. The molecule has 2 aliphatic rings. The maximum atomic E-state index is 13.4. The summed E-state index contributed by atoms with van der Waals surface area (Å²) in [5.74, 6) is -1.33. The number of amides is 1. The molecule has 41 heavy (non-hydrogen) atoms. The van der Waals surface area contributed by atoms with Gasteiger partial charge in [0.25, 0.3) is 17.4 Å². The van der Waals surface area contributed by atoms with Crippen molar-refractivity contribution in [2.45, 2.75) is 19.6 Å². The number of nitro benzene ring substituents is 1. The molecule has 0 aliphatic carbocycles. The van der Waals surface area contributed by atoms with E-state index in [1.165, 1.54) is 23.1 Å². The monoisotopic (exact) mass is 557 g/mol. The van der Waals surface area contributed by atoms with Gasteiger partial charge in [-0.2, -0.15) is 0 Å². The lowest BCUT2D eigenvalue weighted by molar-refractivity contribution is -0.384. The van der Waals surface area contributed by atoms with Gasteiger partial charge in [0.2, 0.25) is 0 Å². The third kappa shape index (κ3) is 6.13. The van der Waals surface area contributed by atoms with Crippen LogP contribution in [-0.2, 0) is 20.9 Å². The number of nitro groups is 1. The normalized spacial score (nSPS) is 19.0. The summed E-state index contributed by atoms with van der Waals surface area (Å²) >= 11 is 0. The van der Waals surface area contributed by atoms with Gasteiger partial charge in [-0.25, -0.2) is 0 Å². The van der Waals surface area contributed by atoms with Gasteiger partial charge in [0.15, 0.2) is 0 Å². The van der Waals surface area contributed by atoms with Crippen LogP contribution in [0.3, 0.4) is 0 Å². The Kier molecular flexibility index (Phi) is 8.42. The van der Waals surface area contributed by atoms with Gasteiger partial charge in [0, 0.05) is 43.9 Å². The minimum absolute atomic E-state index is 0.0986. The van der Waals surface area contributed by atoms with Crippen molar-refractivity contribution >= 4 is 23.1 Å². The number of carbonyl (C=O) groups is 2. The van der Waals surface area contributed by atoms with E-state index < -0.39 is 22.7 Å². The summed E-state index contributed by atoms with van der Waals surface area (Å²) in [6.45, 7) is 5.41. The number of aryl methyl sites for hydroxylation is 1. The molecule has 212 valence electrons. The number of hydrogen-bond donors (Lipinski definition) is 1. The molecule has 0 unspecified atom stereocenters. The molecule has 2 heterocycles. The maximum absolute atomic E-state index is 13.4. The lowest BCUT2D eigenvalue weighted by atomic mass is 9.93. The first-order valence-electron chi connectivity index (χ1n) is 13.4. The molecular weight excluding hydrogens is 526 g/mol. The summed E-state index contributed by atoms with van der Waals surface area (Å²) in [4.78, 5) is 41.3. The fraction of sp³-hybridized carbons (Fsp3) is 0.290. The molecule has 2 aliphatic heterocycles. The Balaban J connectivity index is 1.49. The van der Waals surface area contributed by atoms with E-state index in [1.807, 2.05) is 30.3 Å². The van der Waals surface area contributed by atoms with Crippen LogP contribution in [0.5, 0.6) is 5.75 Å². The molecule has 0 radical (unpaired) electrons. The van der Waals surface area contributed by atoms with Crippen molar-refractivity contribution in [3.63, 3.8) is 0 Å². The summed E-state index contributed by atoms with van der Waals surface area (Å²) in [5, 5.41) is 23.0. The first-order chi connectivity index (χ1) is 19.8. The summed E-state index contributed by atoms with van der Waals surface area (Å²) in [6, 6.07) is 19.7. The van der Waals surface area contributed by atoms with Gasteiger partial charge in [0.1, 0.15) is 18.1 Å². The summed E-state index contributed by atoms with van der Waals surface area (Å²) < 4.78 is 11.3. The van der Waals surface area contributed by atoms with Crippen LogP contribution >= 0.6 is 0 Å². The number of aliphatic hydroxyl groups is 1. The largest absolute Gasteiger partial charge is 0.507 e. The molecule has 10 nitrogen and oxygen atoms in total. The van der Waals surface area contributed by atoms with Crippen LogP contribution in [0.15, 0.2) is 78.4 Å². The van der Waals surface area contributed by atoms with Gasteiger partial charge in [-0.15, -0.1) is 0 Å². The van der Waals surface area contributed by atoms with E-state index in [4.69, 9.17) is 9.47 Å². The number of rotatable bonds is 9. The van der Waals surface area contributed by atoms with Crippen molar-refractivity contribution < 1.29 is 29.1 Å². The van der Waals surface area contributed by atoms with Crippen LogP contribution in [0, 0.1) is 17.0 Å². The number of aliphatic hydroxyl groups excluding tert-OH is 1. The zero-order chi connectivity index (χ0) is 28.9. The quantitative estimate of drug-likeness (QED) is 0.136. The highest BCUT2D eigenvalue weighted by Gasteiger charge is 2.46. The van der Waals surface area contributed by atoms with E-state index in [-0.39, 0.29) is 23.6 Å². The topological polar surface area (TPSA) is 122 Å². The lowest BCUT2D eigenvalue weighted by Gasteiger charge is -2.31. The predicted octanol–water partition coefficient (Wildman–Crippen LogP) is 4.24. The number of non-ortho nitro benzene ring substituents is 1. The van der Waals surface area contributed by atoms with E-state index in [0.29, 0.717) is 61.9 Å². The first-order valence-corrected chi connectivity index (χ1v) is 13.4. The molecule has 0 spiro atoms. The van der Waals surface area contributed by atoms with Gasteiger partial charge >= 0.3 is 0 Å². The van der Waals surface area contributed by atoms with Crippen molar-refractivity contribution in [3.8, 4) is 5.75 Å². The number of hydrogen-bond acceptors (Lipinski definition) is 8. The standard InChI is InChI=1S/C31H31N3O7/c1-21-18-25(41-20-22-6-3-2-4-7-22)10-11-26(21)29(35)27-28(23-8-5-9-24(19-23)34(38)39)33(31(37)30(27)36)13-12-32-14-16-40-17-15-32/h2-11,18-19,28,35H,12-17,20H2,1H3/t28-/m0/s1. The van der Waals surface area contributed by atoms with Gasteiger partial charge in [-0.05, 0) is 41.8 Å². The smallest absolute Gasteiger partial charge is 0.295 e. The third-order valence-electron chi connectivity index (χ3n) is 7.40. The number of benzene rings is 3. The number of morpholine rings is 1. The lowest BCUT2D eigenvalue weighted by Crippen LogP contribution is -2.42. The molecule has 10 heteroatoms. The van der Waals surface area contributed by atoms with Crippen LogP contribution in [0.2, 0.25) is 0 Å². The SMILES string of the molecule is Cc1cc(OCc2ccccc2)ccc1C(O)=C1C(=O)C(=O)N(CCN2CCOCC2)[C@H]1c1cccc([N+](=O)[O-])c1. The first kappa shape index (κ1) is 28.0. The average molecular weight is 558 g/mol. The van der Waals surface area contributed by atoms with Gasteiger partial charge in [-0.3, -0.25) is 24.6 Å². The van der Waals surface area contributed by atoms with Crippen LogP contribution in [0.4, 0.5) is 5.69 Å². The van der Waals surface area contributed by atoms with Gasteiger partial charge in [-0.1, -0.05) is 42.5 Å². The van der Waals surface area contributed by atoms with E-state index in [0.717, 1.165) is 5.56 Å². The molecule has 1 amide bonds. The van der Waals surface area contributed by atoms with Crippen LogP contribution < -0.4 is 4.74 Å². The number of nitrogens with zero attached hydrogens (tertiary/aromatic N) is 3. The Bertz CT molecular complexity index is 1480. The molecule has 2 fully saturated rings. The Morgan fingerprint density at radius 2 is 1.78 bits per heavy atom. The van der Waals surface area contributed by atoms with Crippen LogP contribution in [-0.4, -0.2) is 70.9 Å². The second-order valence-corrected chi connectivity index (χ2v) is 10.0. The van der Waals surface area contributed by atoms with Crippen LogP contribution in [0.25, 0.3) is 5.76 Å². The average Bonchev–Trinajstić information content (AvgIpc) is 3.25.